The Bertz CT molecular complexity index is 814. The van der Waals surface area contributed by atoms with Crippen LogP contribution < -0.4 is 5.32 Å². The van der Waals surface area contributed by atoms with Gasteiger partial charge in [-0.15, -0.1) is 0 Å². The Morgan fingerprint density at radius 1 is 0.966 bits per heavy atom. The van der Waals surface area contributed by atoms with E-state index in [0.717, 1.165) is 23.1 Å². The minimum absolute atomic E-state index is 0.0222. The molecule has 0 heterocycles. The molecule has 2 aromatic carbocycles. The minimum Gasteiger partial charge on any atom is -0.352 e. The number of hydrogen-bond donors (Lipinski definition) is 1. The predicted octanol–water partition coefficient (Wildman–Crippen LogP) is 4.57. The zero-order valence-electron chi connectivity index (χ0n) is 18.4. The van der Waals surface area contributed by atoms with E-state index in [-0.39, 0.29) is 17.9 Å². The third-order valence-electron chi connectivity index (χ3n) is 5.46. The first kappa shape index (κ1) is 22.7. The largest absolute Gasteiger partial charge is 0.352 e. The van der Waals surface area contributed by atoms with Crippen LogP contribution in [0.3, 0.4) is 0 Å². The van der Waals surface area contributed by atoms with Crippen molar-refractivity contribution in [2.75, 3.05) is 0 Å². The fraction of sp³-hybridized carbons (Fsp3) is 0.440. The van der Waals surface area contributed by atoms with Gasteiger partial charge in [0.25, 0.3) is 0 Å². The third kappa shape index (κ3) is 6.45. The Labute approximate surface area is 175 Å². The summed E-state index contributed by atoms with van der Waals surface area (Å²) < 4.78 is 0. The van der Waals surface area contributed by atoms with Gasteiger partial charge in [0.05, 0.1) is 6.42 Å². The summed E-state index contributed by atoms with van der Waals surface area (Å²) in [6.45, 7) is 10.5. The first-order chi connectivity index (χ1) is 13.8. The van der Waals surface area contributed by atoms with Gasteiger partial charge in [0.2, 0.25) is 11.8 Å². The lowest BCUT2D eigenvalue weighted by atomic mass is 10.0. The lowest BCUT2D eigenvalue weighted by Crippen LogP contribution is -2.51. The maximum Gasteiger partial charge on any atom is 0.243 e. The van der Waals surface area contributed by atoms with Crippen molar-refractivity contribution in [3.63, 3.8) is 0 Å². The molecule has 156 valence electrons. The van der Waals surface area contributed by atoms with Gasteiger partial charge in [0.15, 0.2) is 0 Å². The summed E-state index contributed by atoms with van der Waals surface area (Å²) in [6.07, 6.45) is 1.73. The van der Waals surface area contributed by atoms with Crippen LogP contribution in [-0.2, 0) is 22.6 Å². The molecule has 0 saturated carbocycles. The molecule has 0 radical (unpaired) electrons. The maximum absolute atomic E-state index is 13.3. The molecule has 0 fully saturated rings. The number of carbonyl (C=O) groups excluding carboxylic acids is 2. The topological polar surface area (TPSA) is 49.4 Å². The van der Waals surface area contributed by atoms with Gasteiger partial charge in [-0.3, -0.25) is 9.59 Å². The molecule has 4 heteroatoms. The zero-order chi connectivity index (χ0) is 21.4. The van der Waals surface area contributed by atoms with Crippen LogP contribution in [0.4, 0.5) is 0 Å². The van der Waals surface area contributed by atoms with Gasteiger partial charge in [-0.05, 0) is 50.3 Å². The van der Waals surface area contributed by atoms with Crippen molar-refractivity contribution >= 4 is 11.8 Å². The zero-order valence-corrected chi connectivity index (χ0v) is 18.4. The quantitative estimate of drug-likeness (QED) is 0.677. The molecule has 0 aliphatic rings. The van der Waals surface area contributed by atoms with Crippen molar-refractivity contribution in [3.05, 3.63) is 70.8 Å². The maximum atomic E-state index is 13.3. The van der Waals surface area contributed by atoms with Gasteiger partial charge >= 0.3 is 0 Å². The molecule has 4 nitrogen and oxygen atoms in total. The van der Waals surface area contributed by atoms with E-state index in [2.05, 4.69) is 5.32 Å². The summed E-state index contributed by atoms with van der Waals surface area (Å²) in [5.41, 5.74) is 4.30. The number of nitrogens with zero attached hydrogens (tertiary/aromatic N) is 1. The molecule has 29 heavy (non-hydrogen) atoms. The van der Waals surface area contributed by atoms with E-state index in [0.29, 0.717) is 19.4 Å². The molecule has 0 aromatic heterocycles. The highest BCUT2D eigenvalue weighted by Gasteiger charge is 2.29. The molecule has 0 unspecified atom stereocenters. The molecular weight excluding hydrogens is 360 g/mol. The lowest BCUT2D eigenvalue weighted by Gasteiger charge is -2.31. The molecule has 1 N–H and O–H groups in total. The van der Waals surface area contributed by atoms with Crippen LogP contribution in [0.15, 0.2) is 48.5 Å². The van der Waals surface area contributed by atoms with Crippen LogP contribution in [0.25, 0.3) is 0 Å². The highest BCUT2D eigenvalue weighted by molar-refractivity contribution is 5.88. The second kappa shape index (κ2) is 10.8. The van der Waals surface area contributed by atoms with Crippen LogP contribution in [-0.4, -0.2) is 28.8 Å². The number of aryl methyl sites for hydroxylation is 2. The van der Waals surface area contributed by atoms with Crippen molar-refractivity contribution in [1.29, 1.82) is 0 Å². The van der Waals surface area contributed by atoms with Gasteiger partial charge < -0.3 is 10.2 Å². The average Bonchev–Trinajstić information content (AvgIpc) is 2.70. The normalized spacial score (nSPS) is 12.9. The SMILES string of the molecule is CC[C@@H](C)NC(=O)[C@@H](CC)N(Cc1ccc(C)cc1)C(=O)Cc1ccccc1C. The van der Waals surface area contributed by atoms with Crippen LogP contribution in [0, 0.1) is 13.8 Å². The smallest absolute Gasteiger partial charge is 0.243 e. The second-order valence-corrected chi connectivity index (χ2v) is 7.85. The summed E-state index contributed by atoms with van der Waals surface area (Å²) in [4.78, 5) is 28.0. The van der Waals surface area contributed by atoms with E-state index >= 15 is 0 Å². The van der Waals surface area contributed by atoms with Gasteiger partial charge in [-0.2, -0.15) is 0 Å². The fourth-order valence-electron chi connectivity index (χ4n) is 3.32. The van der Waals surface area contributed by atoms with Crippen LogP contribution in [0.2, 0.25) is 0 Å². The third-order valence-corrected chi connectivity index (χ3v) is 5.46. The highest BCUT2D eigenvalue weighted by atomic mass is 16.2. The summed E-state index contributed by atoms with van der Waals surface area (Å²) in [5, 5.41) is 3.05. The first-order valence-electron chi connectivity index (χ1n) is 10.6. The van der Waals surface area contributed by atoms with Crippen molar-refractivity contribution < 1.29 is 9.59 Å². The Morgan fingerprint density at radius 3 is 2.21 bits per heavy atom. The molecule has 2 atom stereocenters. The molecule has 2 aromatic rings. The monoisotopic (exact) mass is 394 g/mol. The molecule has 0 spiro atoms. The standard InChI is InChI=1S/C25H34N2O2/c1-6-20(5)26-25(29)23(7-2)27(17-21-14-12-18(3)13-15-21)24(28)16-22-11-9-8-10-19(22)4/h8-15,20,23H,6-7,16-17H2,1-5H3,(H,26,29)/t20-,23-/m1/s1. The lowest BCUT2D eigenvalue weighted by molar-refractivity contribution is -0.141. The Hall–Kier alpha value is -2.62. The summed E-state index contributed by atoms with van der Waals surface area (Å²) in [7, 11) is 0. The number of rotatable bonds is 9. The van der Waals surface area contributed by atoms with E-state index in [1.165, 1.54) is 5.56 Å². The number of carbonyl (C=O) groups is 2. The number of hydrogen-bond acceptors (Lipinski definition) is 2. The van der Waals surface area contributed by atoms with E-state index in [1.54, 1.807) is 4.90 Å². The van der Waals surface area contributed by atoms with Crippen molar-refractivity contribution in [2.45, 2.75) is 72.5 Å². The first-order valence-corrected chi connectivity index (χ1v) is 10.6. The van der Waals surface area contributed by atoms with Crippen molar-refractivity contribution in [1.82, 2.24) is 10.2 Å². The highest BCUT2D eigenvalue weighted by Crippen LogP contribution is 2.17. The fourth-order valence-corrected chi connectivity index (χ4v) is 3.32. The number of benzene rings is 2. The molecule has 2 rings (SSSR count). The van der Waals surface area contributed by atoms with Crippen LogP contribution in [0.1, 0.15) is 55.9 Å². The number of amides is 2. The molecule has 0 aliphatic heterocycles. The number of nitrogens with one attached hydrogen (secondary N) is 1. The van der Waals surface area contributed by atoms with E-state index in [1.807, 2.05) is 83.1 Å². The van der Waals surface area contributed by atoms with E-state index < -0.39 is 6.04 Å². The van der Waals surface area contributed by atoms with Crippen molar-refractivity contribution in [3.8, 4) is 0 Å². The van der Waals surface area contributed by atoms with Crippen LogP contribution >= 0.6 is 0 Å². The Balaban J connectivity index is 2.29. The Morgan fingerprint density at radius 2 is 1.62 bits per heavy atom. The summed E-state index contributed by atoms with van der Waals surface area (Å²) in [5.74, 6) is -0.0990. The van der Waals surface area contributed by atoms with Crippen molar-refractivity contribution in [2.24, 2.45) is 0 Å². The van der Waals surface area contributed by atoms with Gasteiger partial charge in [0.1, 0.15) is 6.04 Å². The minimum atomic E-state index is -0.484. The molecular formula is C25H34N2O2. The summed E-state index contributed by atoms with van der Waals surface area (Å²) in [6, 6.07) is 15.7. The molecule has 0 saturated heterocycles. The molecule has 0 aliphatic carbocycles. The molecule has 2 amide bonds. The van der Waals surface area contributed by atoms with E-state index in [4.69, 9.17) is 0 Å². The molecule has 0 bridgehead atoms. The summed E-state index contributed by atoms with van der Waals surface area (Å²) >= 11 is 0. The van der Waals surface area contributed by atoms with Gasteiger partial charge in [-0.1, -0.05) is 67.9 Å². The van der Waals surface area contributed by atoms with Crippen LogP contribution in [0.5, 0.6) is 0 Å². The average molecular weight is 395 g/mol. The van der Waals surface area contributed by atoms with Gasteiger partial charge in [-0.25, -0.2) is 0 Å². The predicted molar refractivity (Wildman–Crippen MR) is 119 cm³/mol. The van der Waals surface area contributed by atoms with E-state index in [9.17, 15) is 9.59 Å². The second-order valence-electron chi connectivity index (χ2n) is 7.85. The van der Waals surface area contributed by atoms with Gasteiger partial charge in [0, 0.05) is 12.6 Å². The Kier molecular flexibility index (Phi) is 8.44.